The predicted molar refractivity (Wildman–Crippen MR) is 242 cm³/mol. The summed E-state index contributed by atoms with van der Waals surface area (Å²) in [6.07, 6.45) is 0. The maximum Gasteiger partial charge on any atom is 0.494 e. The van der Waals surface area contributed by atoms with Crippen molar-refractivity contribution in [2.45, 2.75) is 91.6 Å². The lowest BCUT2D eigenvalue weighted by Crippen LogP contribution is -2.41. The van der Waals surface area contributed by atoms with Crippen LogP contribution in [0.4, 0.5) is 17.1 Å². The van der Waals surface area contributed by atoms with E-state index >= 15 is 0 Å². The summed E-state index contributed by atoms with van der Waals surface area (Å²) in [5.41, 5.74) is 11.7. The van der Waals surface area contributed by atoms with Gasteiger partial charge in [-0.3, -0.25) is 0 Å². The quantitative estimate of drug-likeness (QED) is 0.151. The SMILES string of the molecule is Cc1ccc(N(c2ccc(C)cc2)c2ccc(-c3ccc(-n4c5ccc(B6OC(C)(C)C(C)(C)O6)cc5c5cc(B6OC(C)(C)C(C)(C)O6)ccc54)cc3)cc2)cc1. The molecule has 0 saturated carbocycles. The molecule has 6 nitrogen and oxygen atoms in total. The average Bonchev–Trinajstić information content (AvgIpc) is 3.72. The third-order valence-electron chi connectivity index (χ3n) is 13.0. The summed E-state index contributed by atoms with van der Waals surface area (Å²) in [7, 11) is -0.934. The Morgan fingerprint density at radius 1 is 0.414 bits per heavy atom. The standard InChI is InChI=1S/C50H52B2N2O4/c1-33-11-21-39(22-12-33)53(40-23-13-34(2)14-24-40)41-25-15-35(16-26-41)36-17-27-42(28-18-36)54-45-29-19-37(51-55-47(3,4)48(5,6)56-51)31-43(45)44-32-38(20-30-46(44)54)52-57-49(7,8)50(9,10)58-52/h11-32H,1-10H3. The number of anilines is 3. The van der Waals surface area contributed by atoms with Gasteiger partial charge in [-0.25, -0.2) is 0 Å². The lowest BCUT2D eigenvalue weighted by molar-refractivity contribution is 0.00578. The fourth-order valence-electron chi connectivity index (χ4n) is 8.03. The van der Waals surface area contributed by atoms with Crippen LogP contribution < -0.4 is 15.8 Å². The Kier molecular flexibility index (Phi) is 9.10. The maximum atomic E-state index is 6.51. The molecule has 7 aromatic rings. The smallest absolute Gasteiger partial charge is 0.399 e. The van der Waals surface area contributed by atoms with Crippen molar-refractivity contribution in [3.8, 4) is 16.8 Å². The summed E-state index contributed by atoms with van der Waals surface area (Å²) in [4.78, 5) is 2.31. The number of nitrogens with zero attached hydrogens (tertiary/aromatic N) is 2. The number of benzene rings is 6. The maximum absolute atomic E-state index is 6.51. The normalized spacial score (nSPS) is 18.0. The molecule has 2 aliphatic heterocycles. The Labute approximate surface area is 344 Å². The molecular formula is C50H52B2N2O4. The van der Waals surface area contributed by atoms with Gasteiger partial charge in [-0.2, -0.15) is 0 Å². The molecule has 0 N–H and O–H groups in total. The summed E-state index contributed by atoms with van der Waals surface area (Å²) < 4.78 is 28.4. The first kappa shape index (κ1) is 38.4. The summed E-state index contributed by atoms with van der Waals surface area (Å²) in [6, 6.07) is 48.3. The molecule has 292 valence electrons. The molecule has 58 heavy (non-hydrogen) atoms. The molecule has 0 amide bonds. The predicted octanol–water partition coefficient (Wildman–Crippen LogP) is 11.1. The van der Waals surface area contributed by atoms with Crippen molar-refractivity contribution in [2.75, 3.05) is 4.90 Å². The monoisotopic (exact) mass is 766 g/mol. The highest BCUT2D eigenvalue weighted by Crippen LogP contribution is 2.40. The Morgan fingerprint density at radius 3 is 1.10 bits per heavy atom. The van der Waals surface area contributed by atoms with E-state index in [0.717, 1.165) is 66.6 Å². The molecule has 6 aromatic carbocycles. The Hall–Kier alpha value is -5.11. The number of hydrogen-bond acceptors (Lipinski definition) is 5. The van der Waals surface area contributed by atoms with Crippen molar-refractivity contribution in [1.82, 2.24) is 4.57 Å². The van der Waals surface area contributed by atoms with E-state index in [9.17, 15) is 0 Å². The van der Waals surface area contributed by atoms with Gasteiger partial charge in [-0.05, 0) is 152 Å². The highest BCUT2D eigenvalue weighted by atomic mass is 16.7. The zero-order chi connectivity index (χ0) is 40.8. The largest absolute Gasteiger partial charge is 0.494 e. The summed E-state index contributed by atoms with van der Waals surface area (Å²) in [5, 5.41) is 2.24. The first-order valence-electron chi connectivity index (χ1n) is 20.4. The molecule has 9 rings (SSSR count). The van der Waals surface area contributed by atoms with Gasteiger partial charge < -0.3 is 28.1 Å². The van der Waals surface area contributed by atoms with E-state index in [-0.39, 0.29) is 0 Å². The van der Waals surface area contributed by atoms with Crippen molar-refractivity contribution in [3.63, 3.8) is 0 Å². The molecule has 8 heteroatoms. The van der Waals surface area contributed by atoms with Crippen LogP contribution in [0.1, 0.15) is 66.5 Å². The summed E-state index contributed by atoms with van der Waals surface area (Å²) >= 11 is 0. The number of fused-ring (bicyclic) bond motifs is 3. The fraction of sp³-hybridized carbons (Fsp3) is 0.280. The van der Waals surface area contributed by atoms with Crippen molar-refractivity contribution < 1.29 is 18.6 Å². The van der Waals surface area contributed by atoms with E-state index in [1.807, 2.05) is 0 Å². The second kappa shape index (κ2) is 13.7. The van der Waals surface area contributed by atoms with Crippen LogP contribution in [0.2, 0.25) is 0 Å². The lowest BCUT2D eigenvalue weighted by atomic mass is 9.77. The van der Waals surface area contributed by atoms with Crippen LogP contribution in [-0.4, -0.2) is 41.2 Å². The van der Waals surface area contributed by atoms with E-state index in [1.54, 1.807) is 0 Å². The molecule has 2 fully saturated rings. The van der Waals surface area contributed by atoms with E-state index in [4.69, 9.17) is 18.6 Å². The minimum absolute atomic E-state index is 0.436. The summed E-state index contributed by atoms with van der Waals surface area (Å²) in [5.74, 6) is 0. The zero-order valence-corrected chi connectivity index (χ0v) is 35.4. The Balaban J connectivity index is 1.08. The number of rotatable bonds is 7. The molecule has 0 radical (unpaired) electrons. The van der Waals surface area contributed by atoms with Gasteiger partial charge in [-0.15, -0.1) is 0 Å². The van der Waals surface area contributed by atoms with Crippen LogP contribution in [0, 0.1) is 13.8 Å². The van der Waals surface area contributed by atoms with Gasteiger partial charge in [0.1, 0.15) is 0 Å². The van der Waals surface area contributed by atoms with E-state index in [2.05, 4.69) is 212 Å². The van der Waals surface area contributed by atoms with Gasteiger partial charge in [0.25, 0.3) is 0 Å². The number of aromatic nitrogens is 1. The second-order valence-corrected chi connectivity index (χ2v) is 18.2. The van der Waals surface area contributed by atoms with Gasteiger partial charge in [-0.1, -0.05) is 83.9 Å². The van der Waals surface area contributed by atoms with Gasteiger partial charge in [0.05, 0.1) is 33.4 Å². The van der Waals surface area contributed by atoms with Crippen LogP contribution in [0.5, 0.6) is 0 Å². The molecule has 3 heterocycles. The molecular weight excluding hydrogens is 714 g/mol. The van der Waals surface area contributed by atoms with Crippen molar-refractivity contribution >= 4 is 64.0 Å². The first-order valence-corrected chi connectivity index (χ1v) is 20.4. The van der Waals surface area contributed by atoms with Crippen LogP contribution in [-0.2, 0) is 18.6 Å². The molecule has 2 aliphatic rings. The van der Waals surface area contributed by atoms with Crippen molar-refractivity contribution in [2.24, 2.45) is 0 Å². The van der Waals surface area contributed by atoms with Crippen LogP contribution in [0.15, 0.2) is 133 Å². The highest BCUT2D eigenvalue weighted by molar-refractivity contribution is 6.63. The molecule has 0 atom stereocenters. The molecule has 0 bridgehead atoms. The first-order chi connectivity index (χ1) is 27.5. The van der Waals surface area contributed by atoms with Crippen LogP contribution in [0.25, 0.3) is 38.6 Å². The van der Waals surface area contributed by atoms with E-state index in [0.29, 0.717) is 0 Å². The van der Waals surface area contributed by atoms with Gasteiger partial charge in [0, 0.05) is 33.5 Å². The minimum Gasteiger partial charge on any atom is -0.399 e. The van der Waals surface area contributed by atoms with Crippen LogP contribution >= 0.6 is 0 Å². The molecule has 0 spiro atoms. The lowest BCUT2D eigenvalue weighted by Gasteiger charge is -2.32. The van der Waals surface area contributed by atoms with Gasteiger partial charge in [0.2, 0.25) is 0 Å². The number of hydrogen-bond donors (Lipinski definition) is 0. The van der Waals surface area contributed by atoms with E-state index in [1.165, 1.54) is 11.1 Å². The van der Waals surface area contributed by atoms with Crippen molar-refractivity contribution in [3.05, 3.63) is 145 Å². The third kappa shape index (κ3) is 6.57. The molecule has 1 aromatic heterocycles. The fourth-order valence-corrected chi connectivity index (χ4v) is 8.03. The molecule has 0 unspecified atom stereocenters. The Bertz CT molecular complexity index is 2480. The second-order valence-electron chi connectivity index (χ2n) is 18.2. The Morgan fingerprint density at radius 2 is 0.741 bits per heavy atom. The van der Waals surface area contributed by atoms with Crippen LogP contribution in [0.3, 0.4) is 0 Å². The van der Waals surface area contributed by atoms with E-state index < -0.39 is 36.6 Å². The highest BCUT2D eigenvalue weighted by Gasteiger charge is 2.53. The topological polar surface area (TPSA) is 45.1 Å². The van der Waals surface area contributed by atoms with Crippen molar-refractivity contribution in [1.29, 1.82) is 0 Å². The molecule has 2 saturated heterocycles. The minimum atomic E-state index is -0.467. The molecule has 0 aliphatic carbocycles. The van der Waals surface area contributed by atoms with Gasteiger partial charge >= 0.3 is 14.2 Å². The average molecular weight is 767 g/mol. The zero-order valence-electron chi connectivity index (χ0n) is 35.4. The van der Waals surface area contributed by atoms with Gasteiger partial charge in [0.15, 0.2) is 0 Å². The summed E-state index contributed by atoms with van der Waals surface area (Å²) in [6.45, 7) is 21.0. The third-order valence-corrected chi connectivity index (χ3v) is 13.0. The number of aryl methyl sites for hydroxylation is 2.